The van der Waals surface area contributed by atoms with E-state index in [9.17, 15) is 0 Å². The molecule has 0 amide bonds. The van der Waals surface area contributed by atoms with Crippen molar-refractivity contribution < 1.29 is 0 Å². The van der Waals surface area contributed by atoms with E-state index in [4.69, 9.17) is 4.99 Å². The molecule has 0 aromatic heterocycles. The topological polar surface area (TPSA) is 40.3 Å². The van der Waals surface area contributed by atoms with Crippen LogP contribution < -0.4 is 0 Å². The molecule has 23 heavy (non-hydrogen) atoms. The summed E-state index contributed by atoms with van der Waals surface area (Å²) in [6.45, 7) is 0. The van der Waals surface area contributed by atoms with Gasteiger partial charge >= 0.3 is 0 Å². The molecule has 2 aromatic rings. The lowest BCUT2D eigenvalue weighted by Crippen LogP contribution is -2.29. The fourth-order valence-corrected chi connectivity index (χ4v) is 2.40. The Balaban J connectivity index is 1.81. The standard InChI is InChI=1S/C19H14N4/c1-3-9-15(10-4-1)20-18-19(21-16-11-5-2-6-12-16)23-14-8-7-13-17(23)22-18/h1-14H. The highest BCUT2D eigenvalue weighted by Crippen LogP contribution is 2.21. The summed E-state index contributed by atoms with van der Waals surface area (Å²) in [5.41, 5.74) is 1.74. The van der Waals surface area contributed by atoms with Crippen LogP contribution in [-0.2, 0) is 0 Å². The predicted molar refractivity (Wildman–Crippen MR) is 94.6 cm³/mol. The van der Waals surface area contributed by atoms with Crippen LogP contribution in [0.5, 0.6) is 0 Å². The first-order valence-electron chi connectivity index (χ1n) is 7.41. The molecule has 0 atom stereocenters. The van der Waals surface area contributed by atoms with Gasteiger partial charge in [-0.1, -0.05) is 42.5 Å². The summed E-state index contributed by atoms with van der Waals surface area (Å²) in [5, 5.41) is 0. The third kappa shape index (κ3) is 2.74. The summed E-state index contributed by atoms with van der Waals surface area (Å²) in [6, 6.07) is 19.6. The number of hydrogen-bond acceptors (Lipinski definition) is 2. The molecule has 2 aliphatic rings. The van der Waals surface area contributed by atoms with E-state index >= 15 is 0 Å². The van der Waals surface area contributed by atoms with Crippen molar-refractivity contribution >= 4 is 28.9 Å². The number of benzene rings is 2. The number of hydrogen-bond donors (Lipinski definition) is 0. The Hall–Kier alpha value is -3.27. The lowest BCUT2D eigenvalue weighted by Gasteiger charge is -2.15. The van der Waals surface area contributed by atoms with E-state index in [1.165, 1.54) is 0 Å². The second-order valence-corrected chi connectivity index (χ2v) is 5.08. The van der Waals surface area contributed by atoms with Crippen molar-refractivity contribution in [2.24, 2.45) is 15.0 Å². The highest BCUT2D eigenvalue weighted by atomic mass is 15.3. The molecule has 4 rings (SSSR count). The normalized spacial score (nSPS) is 19.3. The van der Waals surface area contributed by atoms with Crippen LogP contribution in [0.1, 0.15) is 0 Å². The molecule has 0 N–H and O–H groups in total. The Labute approximate surface area is 134 Å². The highest BCUT2D eigenvalue weighted by molar-refractivity contribution is 6.50. The Morgan fingerprint density at radius 2 is 1.39 bits per heavy atom. The van der Waals surface area contributed by atoms with Crippen LogP contribution in [0.15, 0.2) is 100 Å². The van der Waals surface area contributed by atoms with Crippen LogP contribution in [0.4, 0.5) is 11.4 Å². The van der Waals surface area contributed by atoms with Crippen molar-refractivity contribution in [2.45, 2.75) is 0 Å². The Bertz CT molecular complexity index is 859. The summed E-state index contributed by atoms with van der Waals surface area (Å²) in [7, 11) is 0. The monoisotopic (exact) mass is 298 g/mol. The average Bonchev–Trinajstić information content (AvgIpc) is 2.94. The molecule has 4 heteroatoms. The molecule has 0 aliphatic carbocycles. The van der Waals surface area contributed by atoms with Crippen molar-refractivity contribution in [2.75, 3.05) is 0 Å². The molecule has 110 valence electrons. The molecule has 2 aromatic carbocycles. The van der Waals surface area contributed by atoms with Gasteiger partial charge in [-0.05, 0) is 36.4 Å². The zero-order valence-electron chi connectivity index (χ0n) is 12.4. The molecule has 0 bridgehead atoms. The van der Waals surface area contributed by atoms with Gasteiger partial charge < -0.3 is 0 Å². The van der Waals surface area contributed by atoms with Crippen molar-refractivity contribution in [3.63, 3.8) is 0 Å². The van der Waals surface area contributed by atoms with Gasteiger partial charge in [0, 0.05) is 6.20 Å². The Morgan fingerprint density at radius 1 is 0.739 bits per heavy atom. The van der Waals surface area contributed by atoms with Crippen LogP contribution in [0.3, 0.4) is 0 Å². The maximum atomic E-state index is 4.73. The van der Waals surface area contributed by atoms with Gasteiger partial charge in [-0.3, -0.25) is 4.90 Å². The highest BCUT2D eigenvalue weighted by Gasteiger charge is 2.27. The molecule has 0 unspecified atom stereocenters. The second-order valence-electron chi connectivity index (χ2n) is 5.08. The first-order chi connectivity index (χ1) is 11.4. The number of nitrogens with zero attached hydrogens (tertiary/aromatic N) is 4. The minimum atomic E-state index is 0.617. The van der Waals surface area contributed by atoms with Gasteiger partial charge in [0.2, 0.25) is 0 Å². The van der Waals surface area contributed by atoms with E-state index in [-0.39, 0.29) is 0 Å². The maximum absolute atomic E-state index is 4.73. The van der Waals surface area contributed by atoms with Crippen molar-refractivity contribution in [3.8, 4) is 0 Å². The minimum absolute atomic E-state index is 0.617. The van der Waals surface area contributed by atoms with E-state index in [0.29, 0.717) is 5.84 Å². The van der Waals surface area contributed by atoms with Crippen molar-refractivity contribution in [1.82, 2.24) is 4.90 Å². The number of aliphatic imine (C=N–C) groups is 3. The second kappa shape index (κ2) is 5.85. The summed E-state index contributed by atoms with van der Waals surface area (Å²) in [6.07, 6.45) is 7.83. The van der Waals surface area contributed by atoms with E-state index in [1.54, 1.807) is 0 Å². The molecule has 0 saturated carbocycles. The van der Waals surface area contributed by atoms with Crippen molar-refractivity contribution in [3.05, 3.63) is 85.1 Å². The molecule has 0 radical (unpaired) electrons. The number of para-hydroxylation sites is 2. The zero-order valence-corrected chi connectivity index (χ0v) is 12.4. The van der Waals surface area contributed by atoms with Crippen LogP contribution in [0, 0.1) is 0 Å². The van der Waals surface area contributed by atoms with Gasteiger partial charge in [0.15, 0.2) is 11.7 Å². The van der Waals surface area contributed by atoms with Gasteiger partial charge in [0.05, 0.1) is 11.4 Å². The van der Waals surface area contributed by atoms with Gasteiger partial charge in [-0.25, -0.2) is 15.0 Å². The number of allylic oxidation sites excluding steroid dienone is 2. The summed E-state index contributed by atoms with van der Waals surface area (Å²) in [5.74, 6) is 2.18. The molecule has 4 nitrogen and oxygen atoms in total. The van der Waals surface area contributed by atoms with Crippen LogP contribution >= 0.6 is 0 Å². The molecular formula is C19H14N4. The van der Waals surface area contributed by atoms with Crippen LogP contribution in [-0.4, -0.2) is 22.4 Å². The van der Waals surface area contributed by atoms with Gasteiger partial charge in [0.25, 0.3) is 0 Å². The predicted octanol–water partition coefficient (Wildman–Crippen LogP) is 4.24. The number of amidine groups is 3. The minimum Gasteiger partial charge on any atom is -0.283 e. The fraction of sp³-hybridized carbons (Fsp3) is 0. The molecule has 0 fully saturated rings. The average molecular weight is 298 g/mol. The van der Waals surface area contributed by atoms with E-state index in [0.717, 1.165) is 23.0 Å². The SMILES string of the molecule is C1=CC2=NC(=Nc3ccccc3)C(=Nc3ccccc3)N2C=C1. The summed E-state index contributed by atoms with van der Waals surface area (Å²) >= 11 is 0. The van der Waals surface area contributed by atoms with Crippen LogP contribution in [0.2, 0.25) is 0 Å². The summed E-state index contributed by atoms with van der Waals surface area (Å²) in [4.78, 5) is 15.9. The molecule has 0 saturated heterocycles. The van der Waals surface area contributed by atoms with Gasteiger partial charge in [-0.2, -0.15) is 0 Å². The third-order valence-electron chi connectivity index (χ3n) is 3.47. The van der Waals surface area contributed by atoms with E-state index in [2.05, 4.69) is 9.98 Å². The number of rotatable bonds is 2. The molecular weight excluding hydrogens is 284 g/mol. The molecule has 0 spiro atoms. The van der Waals surface area contributed by atoms with Gasteiger partial charge in [-0.15, -0.1) is 0 Å². The summed E-state index contributed by atoms with van der Waals surface area (Å²) < 4.78 is 0. The van der Waals surface area contributed by atoms with E-state index < -0.39 is 0 Å². The fourth-order valence-electron chi connectivity index (χ4n) is 2.40. The smallest absolute Gasteiger partial charge is 0.198 e. The van der Waals surface area contributed by atoms with Gasteiger partial charge in [0.1, 0.15) is 5.84 Å². The number of fused-ring (bicyclic) bond motifs is 1. The zero-order chi connectivity index (χ0) is 15.5. The Kier molecular flexibility index (Phi) is 3.41. The maximum Gasteiger partial charge on any atom is 0.198 e. The first-order valence-corrected chi connectivity index (χ1v) is 7.41. The third-order valence-corrected chi connectivity index (χ3v) is 3.47. The van der Waals surface area contributed by atoms with Crippen molar-refractivity contribution in [1.29, 1.82) is 0 Å². The van der Waals surface area contributed by atoms with Crippen LogP contribution in [0.25, 0.3) is 0 Å². The first kappa shape index (κ1) is 13.4. The van der Waals surface area contributed by atoms with E-state index in [1.807, 2.05) is 90.0 Å². The quantitative estimate of drug-likeness (QED) is 0.817. The Morgan fingerprint density at radius 3 is 2.09 bits per heavy atom. The molecule has 2 heterocycles. The lowest BCUT2D eigenvalue weighted by atomic mass is 10.3. The molecule has 2 aliphatic heterocycles. The largest absolute Gasteiger partial charge is 0.283 e. The lowest BCUT2D eigenvalue weighted by molar-refractivity contribution is 0.855.